The number of benzene rings is 1. The number of likely N-dealkylation sites (N-methyl/N-ethyl adjacent to an activating group) is 2. The fraction of sp³-hybridized carbons (Fsp3) is 0.656. The van der Waals surface area contributed by atoms with Crippen LogP contribution in [0.1, 0.15) is 73.8 Å². The topological polar surface area (TPSA) is 149 Å². The molecule has 0 radical (unpaired) electrons. The van der Waals surface area contributed by atoms with E-state index in [-0.39, 0.29) is 17.9 Å². The summed E-state index contributed by atoms with van der Waals surface area (Å²) in [7, 11) is 2.47. The Kier molecular flexibility index (Phi) is 14.7. The third-order valence-corrected chi connectivity index (χ3v) is 6.63. The van der Waals surface area contributed by atoms with Crippen molar-refractivity contribution in [2.45, 2.75) is 117 Å². The van der Waals surface area contributed by atoms with E-state index in [1.54, 1.807) is 20.8 Å². The molecule has 4 atom stereocenters. The largest absolute Gasteiger partial charge is 0.573 e. The van der Waals surface area contributed by atoms with Gasteiger partial charge in [-0.15, -0.1) is 13.2 Å². The number of ether oxygens (including phenoxy) is 4. The summed E-state index contributed by atoms with van der Waals surface area (Å²) in [6.07, 6.45) is -10.1. The number of amides is 2. The van der Waals surface area contributed by atoms with Crippen molar-refractivity contribution in [2.24, 2.45) is 5.92 Å². The molecule has 2 amide bonds. The van der Waals surface area contributed by atoms with Crippen LogP contribution in [-0.2, 0) is 39.8 Å². The van der Waals surface area contributed by atoms with Crippen LogP contribution in [0.4, 0.5) is 22.4 Å². The quantitative estimate of drug-likeness (QED) is 0.146. The zero-order chi connectivity index (χ0) is 37.4. The average molecular weight is 695 g/mol. The Hall–Kier alpha value is -4.11. The molecule has 0 bridgehead atoms. The highest BCUT2D eigenvalue weighted by Gasteiger charge is 2.40. The molecule has 12 nitrogen and oxygen atoms in total. The van der Waals surface area contributed by atoms with Gasteiger partial charge in [-0.05, 0) is 71.6 Å². The van der Waals surface area contributed by atoms with Crippen LogP contribution in [0.3, 0.4) is 0 Å². The molecule has 1 aromatic rings. The van der Waals surface area contributed by atoms with Crippen LogP contribution in [0.5, 0.6) is 5.75 Å². The van der Waals surface area contributed by atoms with Gasteiger partial charge in [-0.1, -0.05) is 26.0 Å². The Morgan fingerprint density at radius 2 is 1.33 bits per heavy atom. The first-order valence-corrected chi connectivity index (χ1v) is 15.1. The fourth-order valence-electron chi connectivity index (χ4n) is 4.34. The molecule has 0 aliphatic heterocycles. The van der Waals surface area contributed by atoms with Gasteiger partial charge in [0.05, 0.1) is 0 Å². The SMILES string of the molecule is CC(C)C[C@@H](C(=O)O[C@H](C)C(=O)N(C)[C@@H](CC(C)(C)F)C(=O)O[C@H](Cc1ccc(OC(F)(F)F)cc1)C(=O)O)N(C)C(=O)OC(C)(C)C. The van der Waals surface area contributed by atoms with Gasteiger partial charge < -0.3 is 29.0 Å². The molecule has 0 aromatic heterocycles. The van der Waals surface area contributed by atoms with Crippen molar-refractivity contribution in [3.05, 3.63) is 29.8 Å². The second-order valence-electron chi connectivity index (χ2n) is 13.4. The Morgan fingerprint density at radius 1 is 0.812 bits per heavy atom. The number of rotatable bonds is 15. The molecule has 1 aromatic carbocycles. The summed E-state index contributed by atoms with van der Waals surface area (Å²) in [5, 5.41) is 9.70. The number of aliphatic carboxylic acids is 1. The van der Waals surface area contributed by atoms with E-state index >= 15 is 0 Å². The van der Waals surface area contributed by atoms with Crippen molar-refractivity contribution in [1.29, 1.82) is 0 Å². The maximum absolute atomic E-state index is 14.9. The molecular weight excluding hydrogens is 648 g/mol. The predicted molar refractivity (Wildman–Crippen MR) is 164 cm³/mol. The first-order chi connectivity index (χ1) is 21.7. The van der Waals surface area contributed by atoms with Crippen LogP contribution in [0.25, 0.3) is 0 Å². The minimum Gasteiger partial charge on any atom is -0.478 e. The number of halogens is 4. The lowest BCUT2D eigenvalue weighted by Gasteiger charge is -2.33. The Labute approximate surface area is 277 Å². The molecule has 0 saturated heterocycles. The summed E-state index contributed by atoms with van der Waals surface area (Å²) in [5.74, 6) is -5.43. The molecule has 0 aliphatic carbocycles. The van der Waals surface area contributed by atoms with E-state index < -0.39 is 90.4 Å². The maximum Gasteiger partial charge on any atom is 0.573 e. The monoisotopic (exact) mass is 694 g/mol. The Morgan fingerprint density at radius 3 is 1.77 bits per heavy atom. The zero-order valence-electron chi connectivity index (χ0n) is 28.8. The van der Waals surface area contributed by atoms with Crippen LogP contribution in [-0.4, -0.2) is 101 Å². The number of alkyl halides is 4. The van der Waals surface area contributed by atoms with Gasteiger partial charge in [-0.2, -0.15) is 0 Å². The average Bonchev–Trinajstić information content (AvgIpc) is 2.91. The molecule has 0 fully saturated rings. The van der Waals surface area contributed by atoms with Gasteiger partial charge in [0.25, 0.3) is 5.91 Å². The summed E-state index contributed by atoms with van der Waals surface area (Å²) in [6.45, 7) is 12.0. The van der Waals surface area contributed by atoms with Crippen LogP contribution in [0.15, 0.2) is 24.3 Å². The first-order valence-electron chi connectivity index (χ1n) is 15.1. The summed E-state index contributed by atoms with van der Waals surface area (Å²) >= 11 is 0. The van der Waals surface area contributed by atoms with Gasteiger partial charge in [-0.3, -0.25) is 9.69 Å². The van der Waals surface area contributed by atoms with Crippen molar-refractivity contribution in [3.63, 3.8) is 0 Å². The molecule has 16 heteroatoms. The van der Waals surface area contributed by atoms with Gasteiger partial charge in [0.1, 0.15) is 29.1 Å². The summed E-state index contributed by atoms with van der Waals surface area (Å²) in [5.41, 5.74) is -2.75. The number of hydrogen-bond acceptors (Lipinski definition) is 9. The van der Waals surface area contributed by atoms with E-state index in [0.29, 0.717) is 0 Å². The molecule has 0 unspecified atom stereocenters. The van der Waals surface area contributed by atoms with Crippen molar-refractivity contribution in [3.8, 4) is 5.75 Å². The number of nitrogens with zero attached hydrogens (tertiary/aromatic N) is 2. The normalized spacial score (nSPS) is 14.6. The van der Waals surface area contributed by atoms with E-state index in [1.165, 1.54) is 14.0 Å². The van der Waals surface area contributed by atoms with Crippen molar-refractivity contribution >= 4 is 29.9 Å². The van der Waals surface area contributed by atoms with Crippen LogP contribution < -0.4 is 4.74 Å². The minimum absolute atomic E-state index is 0.0830. The van der Waals surface area contributed by atoms with Crippen LogP contribution >= 0.6 is 0 Å². The van der Waals surface area contributed by atoms with E-state index in [9.17, 15) is 46.6 Å². The van der Waals surface area contributed by atoms with E-state index in [1.807, 2.05) is 13.8 Å². The molecule has 48 heavy (non-hydrogen) atoms. The number of carbonyl (C=O) groups excluding carboxylic acids is 4. The smallest absolute Gasteiger partial charge is 0.478 e. The zero-order valence-corrected chi connectivity index (χ0v) is 28.8. The van der Waals surface area contributed by atoms with E-state index in [4.69, 9.17) is 14.2 Å². The molecule has 0 spiro atoms. The number of carboxylic acids is 1. The fourth-order valence-corrected chi connectivity index (χ4v) is 4.34. The second kappa shape index (κ2) is 16.8. The van der Waals surface area contributed by atoms with E-state index in [0.717, 1.165) is 55.0 Å². The first kappa shape index (κ1) is 41.9. The lowest BCUT2D eigenvalue weighted by molar-refractivity contribution is -0.274. The van der Waals surface area contributed by atoms with Gasteiger partial charge in [-0.25, -0.2) is 23.6 Å². The number of carboxylic acid groups (broad SMARTS) is 1. The highest BCUT2D eigenvalue weighted by molar-refractivity contribution is 5.90. The van der Waals surface area contributed by atoms with Crippen LogP contribution in [0, 0.1) is 5.92 Å². The molecule has 272 valence electrons. The molecular formula is C32H46F4N2O10. The van der Waals surface area contributed by atoms with Gasteiger partial charge in [0.2, 0.25) is 6.10 Å². The minimum atomic E-state index is -4.94. The predicted octanol–water partition coefficient (Wildman–Crippen LogP) is 5.30. The molecule has 0 aliphatic rings. The third-order valence-electron chi connectivity index (χ3n) is 6.63. The van der Waals surface area contributed by atoms with Gasteiger partial charge >= 0.3 is 30.4 Å². The van der Waals surface area contributed by atoms with Gasteiger partial charge in [0, 0.05) is 26.9 Å². The van der Waals surface area contributed by atoms with Gasteiger partial charge in [0.15, 0.2) is 6.10 Å². The highest BCUT2D eigenvalue weighted by Crippen LogP contribution is 2.25. The molecule has 0 heterocycles. The number of esters is 2. The lowest BCUT2D eigenvalue weighted by Crippen LogP contribution is -2.52. The summed E-state index contributed by atoms with van der Waals surface area (Å²) < 4.78 is 71.9. The maximum atomic E-state index is 14.9. The summed E-state index contributed by atoms with van der Waals surface area (Å²) in [6, 6.07) is 1.36. The Balaban J connectivity index is 3.17. The molecule has 0 saturated carbocycles. The van der Waals surface area contributed by atoms with E-state index in [2.05, 4.69) is 4.74 Å². The van der Waals surface area contributed by atoms with Crippen molar-refractivity contribution in [1.82, 2.24) is 9.80 Å². The lowest BCUT2D eigenvalue weighted by atomic mass is 9.99. The Bertz CT molecular complexity index is 1270. The second-order valence-corrected chi connectivity index (χ2v) is 13.4. The molecule has 1 rings (SSSR count). The summed E-state index contributed by atoms with van der Waals surface area (Å²) in [4.78, 5) is 66.4. The number of carbonyl (C=O) groups is 5. The highest BCUT2D eigenvalue weighted by atomic mass is 19.4. The van der Waals surface area contributed by atoms with Crippen molar-refractivity contribution in [2.75, 3.05) is 14.1 Å². The molecule has 1 N–H and O–H groups in total. The van der Waals surface area contributed by atoms with Crippen LogP contribution in [0.2, 0.25) is 0 Å². The number of hydrogen-bond donors (Lipinski definition) is 1. The van der Waals surface area contributed by atoms with Crippen molar-refractivity contribution < 1.29 is 65.6 Å². The standard InChI is InChI=1S/C32H46F4N2O10/c1-18(2)15-22(38(10)29(44)48-30(4,5)6)27(42)45-19(3)25(39)37(9)23(17-31(7,8)33)28(43)46-24(26(40)41)16-20-11-13-21(14-12-20)47-32(34,35)36/h11-14,18-19,22-24H,15-17H2,1-10H3,(H,40,41)/t19-,22+,23+,24-/m1/s1. The third kappa shape index (κ3) is 14.8.